The lowest BCUT2D eigenvalue weighted by molar-refractivity contribution is -0.131. The lowest BCUT2D eigenvalue weighted by atomic mass is 10.1. The zero-order valence-electron chi connectivity index (χ0n) is 16.5. The molecule has 2 aromatic carbocycles. The summed E-state index contributed by atoms with van der Waals surface area (Å²) in [6.45, 7) is 3.77. The Bertz CT molecular complexity index is 1060. The van der Waals surface area contributed by atoms with E-state index in [2.05, 4.69) is 22.0 Å². The van der Waals surface area contributed by atoms with E-state index in [0.717, 1.165) is 31.9 Å². The van der Waals surface area contributed by atoms with Gasteiger partial charge in [0, 0.05) is 32.4 Å². The number of carbonyl (C=O) groups excluding carboxylic acids is 1. The molecule has 0 saturated carbocycles. The number of likely N-dealkylation sites (N-methyl/N-ethyl adjacent to an activating group) is 1. The molecule has 0 unspecified atom stereocenters. The molecule has 0 spiro atoms. The largest absolute Gasteiger partial charge is 0.378 e. The Morgan fingerprint density at radius 2 is 1.83 bits per heavy atom. The van der Waals surface area contributed by atoms with E-state index in [1.54, 1.807) is 18.0 Å². The van der Waals surface area contributed by atoms with Crippen molar-refractivity contribution in [2.75, 3.05) is 38.3 Å². The smallest absolute Gasteiger partial charge is 0.269 e. The van der Waals surface area contributed by atoms with Crippen molar-refractivity contribution in [1.82, 2.24) is 14.5 Å². The van der Waals surface area contributed by atoms with Gasteiger partial charge in [-0.1, -0.05) is 24.3 Å². The Morgan fingerprint density at radius 1 is 1.10 bits per heavy atom. The molecule has 7 nitrogen and oxygen atoms in total. The fraction of sp³-hybridized carbons (Fsp3) is 0.318. The van der Waals surface area contributed by atoms with Gasteiger partial charge in [0.2, 0.25) is 5.91 Å². The minimum atomic E-state index is -0.277. The van der Waals surface area contributed by atoms with Crippen LogP contribution in [0.4, 0.5) is 5.69 Å². The summed E-state index contributed by atoms with van der Waals surface area (Å²) in [5.74, 6) is -0.124. The van der Waals surface area contributed by atoms with Crippen LogP contribution in [0, 0.1) is 0 Å². The highest BCUT2D eigenvalue weighted by Crippen LogP contribution is 2.17. The average Bonchev–Trinajstić information content (AvgIpc) is 2.77. The van der Waals surface area contributed by atoms with Crippen molar-refractivity contribution in [3.63, 3.8) is 0 Å². The summed E-state index contributed by atoms with van der Waals surface area (Å²) in [7, 11) is 1.76. The van der Waals surface area contributed by atoms with E-state index in [-0.39, 0.29) is 18.0 Å². The maximum atomic E-state index is 12.8. The predicted molar refractivity (Wildman–Crippen MR) is 112 cm³/mol. The van der Waals surface area contributed by atoms with Crippen molar-refractivity contribution in [3.8, 4) is 0 Å². The quantitative estimate of drug-likeness (QED) is 0.663. The Hall–Kier alpha value is -3.19. The molecule has 1 saturated heterocycles. The normalized spacial score (nSPS) is 14.2. The fourth-order valence-electron chi connectivity index (χ4n) is 3.53. The lowest BCUT2D eigenvalue weighted by Gasteiger charge is -2.29. The number of aromatic nitrogens is 2. The van der Waals surface area contributed by atoms with Crippen molar-refractivity contribution in [2.24, 2.45) is 0 Å². The first-order valence-electron chi connectivity index (χ1n) is 9.72. The van der Waals surface area contributed by atoms with Crippen molar-refractivity contribution >= 4 is 22.6 Å². The van der Waals surface area contributed by atoms with Gasteiger partial charge in [-0.2, -0.15) is 0 Å². The predicted octanol–water partition coefficient (Wildman–Crippen LogP) is 1.89. The second-order valence-corrected chi connectivity index (χ2v) is 7.19. The SMILES string of the molecule is CN(Cc1ccc(N2CCOCC2)cc1)C(=O)Cn1c(=O)cnc2ccccc21. The molecule has 0 atom stereocenters. The van der Waals surface area contributed by atoms with Crippen LogP contribution in [0.1, 0.15) is 5.56 Å². The Balaban J connectivity index is 1.44. The first kappa shape index (κ1) is 19.1. The molecule has 29 heavy (non-hydrogen) atoms. The van der Waals surface area contributed by atoms with Gasteiger partial charge >= 0.3 is 0 Å². The third-order valence-corrected chi connectivity index (χ3v) is 5.20. The van der Waals surface area contributed by atoms with Crippen LogP contribution >= 0.6 is 0 Å². The van der Waals surface area contributed by atoms with Crippen LogP contribution in [0.2, 0.25) is 0 Å². The van der Waals surface area contributed by atoms with E-state index in [0.29, 0.717) is 17.6 Å². The highest BCUT2D eigenvalue weighted by Gasteiger charge is 2.14. The molecule has 1 aliphatic heterocycles. The number of rotatable bonds is 5. The molecule has 1 amide bonds. The van der Waals surface area contributed by atoms with E-state index in [4.69, 9.17) is 4.74 Å². The van der Waals surface area contributed by atoms with E-state index in [9.17, 15) is 9.59 Å². The van der Waals surface area contributed by atoms with Gasteiger partial charge < -0.3 is 14.5 Å². The first-order chi connectivity index (χ1) is 14.1. The molecular formula is C22H24N4O3. The molecule has 7 heteroatoms. The molecule has 0 N–H and O–H groups in total. The standard InChI is InChI=1S/C22H24N4O3/c1-24(15-17-6-8-18(9-7-17)25-10-12-29-13-11-25)22(28)16-26-20-5-3-2-4-19(20)23-14-21(26)27/h2-9,14H,10-13,15-16H2,1H3. The van der Waals surface area contributed by atoms with Gasteiger partial charge in [0.25, 0.3) is 5.56 Å². The third kappa shape index (κ3) is 4.30. The van der Waals surface area contributed by atoms with Crippen molar-refractivity contribution in [1.29, 1.82) is 0 Å². The van der Waals surface area contributed by atoms with Crippen LogP contribution in [0.3, 0.4) is 0 Å². The Morgan fingerprint density at radius 3 is 2.59 bits per heavy atom. The van der Waals surface area contributed by atoms with Crippen LogP contribution in [0.25, 0.3) is 11.0 Å². The van der Waals surface area contributed by atoms with Crippen LogP contribution in [-0.2, 0) is 22.6 Å². The topological polar surface area (TPSA) is 67.7 Å². The second kappa shape index (κ2) is 8.45. The second-order valence-electron chi connectivity index (χ2n) is 7.19. The van der Waals surface area contributed by atoms with Gasteiger partial charge in [0.05, 0.1) is 30.4 Å². The summed E-state index contributed by atoms with van der Waals surface area (Å²) in [6.07, 6.45) is 1.26. The molecule has 1 fully saturated rings. The summed E-state index contributed by atoms with van der Waals surface area (Å²) in [4.78, 5) is 33.1. The number of morpholine rings is 1. The monoisotopic (exact) mass is 392 g/mol. The lowest BCUT2D eigenvalue weighted by Crippen LogP contribution is -2.36. The van der Waals surface area contributed by atoms with Gasteiger partial charge in [-0.05, 0) is 29.8 Å². The summed E-state index contributed by atoms with van der Waals surface area (Å²) < 4.78 is 6.87. The van der Waals surface area contributed by atoms with Gasteiger partial charge in [-0.15, -0.1) is 0 Å². The summed E-state index contributed by atoms with van der Waals surface area (Å²) in [6, 6.07) is 15.6. The maximum Gasteiger partial charge on any atom is 0.269 e. The Kier molecular flexibility index (Phi) is 5.57. The molecule has 2 heterocycles. The number of carbonyl (C=O) groups is 1. The minimum Gasteiger partial charge on any atom is -0.378 e. The Labute approximate surface area is 169 Å². The van der Waals surface area contributed by atoms with Crippen molar-refractivity contribution in [3.05, 3.63) is 70.6 Å². The minimum absolute atomic E-state index is 0.00969. The number of fused-ring (bicyclic) bond motifs is 1. The van der Waals surface area contributed by atoms with Crippen LogP contribution in [-0.4, -0.2) is 53.7 Å². The number of benzene rings is 2. The van der Waals surface area contributed by atoms with Crippen molar-refractivity contribution < 1.29 is 9.53 Å². The zero-order valence-corrected chi connectivity index (χ0v) is 16.5. The third-order valence-electron chi connectivity index (χ3n) is 5.20. The van der Waals surface area contributed by atoms with Gasteiger partial charge in [-0.3, -0.25) is 14.2 Å². The van der Waals surface area contributed by atoms with Crippen molar-refractivity contribution in [2.45, 2.75) is 13.1 Å². The van der Waals surface area contributed by atoms with Crippen LogP contribution in [0.5, 0.6) is 0 Å². The molecular weight excluding hydrogens is 368 g/mol. The molecule has 0 radical (unpaired) electrons. The van der Waals surface area contributed by atoms with Gasteiger partial charge in [0.15, 0.2) is 0 Å². The highest BCUT2D eigenvalue weighted by atomic mass is 16.5. The summed E-state index contributed by atoms with van der Waals surface area (Å²) >= 11 is 0. The van der Waals surface area contributed by atoms with Gasteiger partial charge in [-0.25, -0.2) is 4.98 Å². The molecule has 1 aliphatic rings. The van der Waals surface area contributed by atoms with Crippen LogP contribution < -0.4 is 10.5 Å². The number of ether oxygens (including phenoxy) is 1. The maximum absolute atomic E-state index is 12.8. The number of para-hydroxylation sites is 2. The fourth-order valence-corrected chi connectivity index (χ4v) is 3.53. The number of nitrogens with zero attached hydrogens (tertiary/aromatic N) is 4. The van der Waals surface area contributed by atoms with Gasteiger partial charge in [0.1, 0.15) is 6.54 Å². The number of anilines is 1. The molecule has 4 rings (SSSR count). The number of hydrogen-bond donors (Lipinski definition) is 0. The summed E-state index contributed by atoms with van der Waals surface area (Å²) in [5, 5.41) is 0. The zero-order chi connectivity index (χ0) is 20.2. The number of amides is 1. The van der Waals surface area contributed by atoms with E-state index < -0.39 is 0 Å². The summed E-state index contributed by atoms with van der Waals surface area (Å²) in [5.41, 5.74) is 3.30. The molecule has 1 aromatic heterocycles. The van der Waals surface area contributed by atoms with Crippen LogP contribution in [0.15, 0.2) is 59.5 Å². The van der Waals surface area contributed by atoms with E-state index >= 15 is 0 Å². The molecule has 0 bridgehead atoms. The molecule has 0 aliphatic carbocycles. The van der Waals surface area contributed by atoms with E-state index in [1.807, 2.05) is 30.3 Å². The first-order valence-corrected chi connectivity index (χ1v) is 9.72. The van der Waals surface area contributed by atoms with E-state index in [1.165, 1.54) is 16.5 Å². The highest BCUT2D eigenvalue weighted by molar-refractivity contribution is 5.80. The molecule has 3 aromatic rings. The number of hydrogen-bond acceptors (Lipinski definition) is 5. The molecule has 150 valence electrons. The average molecular weight is 392 g/mol.